The van der Waals surface area contributed by atoms with Gasteiger partial charge in [-0.2, -0.15) is 5.10 Å². The van der Waals surface area contributed by atoms with Gasteiger partial charge in [-0.25, -0.2) is 14.6 Å². The van der Waals surface area contributed by atoms with Gasteiger partial charge < -0.3 is 0 Å². The average Bonchev–Trinajstić information content (AvgIpc) is 2.65. The topological polar surface area (TPSA) is 60.7 Å². The van der Waals surface area contributed by atoms with E-state index in [2.05, 4.69) is 22.0 Å². The van der Waals surface area contributed by atoms with Crippen LogP contribution in [0.4, 0.5) is 0 Å². The van der Waals surface area contributed by atoms with Crippen molar-refractivity contribution in [1.82, 2.24) is 19.7 Å². The molecule has 0 N–H and O–H groups in total. The molecule has 0 radical (unpaired) electrons. The molecular weight excluding hydrogens is 252 g/mol. The highest BCUT2D eigenvalue weighted by Crippen LogP contribution is 2.28. The number of Topliss-reactive ketones (excluding diaryl/α,β-unsaturated/α-hetero) is 1. The molecular formula is C15H18N4O. The van der Waals surface area contributed by atoms with Crippen molar-refractivity contribution in [3.05, 3.63) is 34.4 Å². The van der Waals surface area contributed by atoms with E-state index in [4.69, 9.17) is 0 Å². The first-order valence-electron chi connectivity index (χ1n) is 6.90. The summed E-state index contributed by atoms with van der Waals surface area (Å²) in [7, 11) is 0. The van der Waals surface area contributed by atoms with Gasteiger partial charge in [-0.15, -0.1) is 0 Å². The lowest BCUT2D eigenvalue weighted by molar-refractivity contribution is 0.0952. The van der Waals surface area contributed by atoms with Crippen LogP contribution in [0.1, 0.15) is 46.5 Å². The van der Waals surface area contributed by atoms with E-state index in [1.54, 1.807) is 4.68 Å². The van der Waals surface area contributed by atoms with Crippen LogP contribution in [0.25, 0.3) is 5.95 Å². The molecule has 1 aliphatic carbocycles. The van der Waals surface area contributed by atoms with E-state index < -0.39 is 0 Å². The Kier molecular flexibility index (Phi) is 2.92. The second-order valence-electron chi connectivity index (χ2n) is 5.71. The summed E-state index contributed by atoms with van der Waals surface area (Å²) in [6.45, 7) is 7.85. The van der Waals surface area contributed by atoms with Gasteiger partial charge in [0.1, 0.15) is 0 Å². The molecule has 0 fully saturated rings. The van der Waals surface area contributed by atoms with Crippen molar-refractivity contribution in [3.63, 3.8) is 0 Å². The van der Waals surface area contributed by atoms with E-state index in [0.717, 1.165) is 34.8 Å². The number of nitrogens with zero attached hydrogens (tertiary/aromatic N) is 4. The first kappa shape index (κ1) is 13.0. The summed E-state index contributed by atoms with van der Waals surface area (Å²) in [5.41, 5.74) is 4.32. The fourth-order valence-corrected chi connectivity index (χ4v) is 2.91. The molecule has 2 heterocycles. The predicted octanol–water partition coefficient (Wildman–Crippen LogP) is 2.35. The molecule has 1 unspecified atom stereocenters. The van der Waals surface area contributed by atoms with Crippen LogP contribution in [0.5, 0.6) is 0 Å². The number of hydrogen-bond donors (Lipinski definition) is 0. The Balaban J connectivity index is 2.20. The Morgan fingerprint density at radius 3 is 2.45 bits per heavy atom. The highest BCUT2D eigenvalue weighted by Gasteiger charge is 2.29. The molecule has 0 saturated carbocycles. The molecule has 0 bridgehead atoms. The summed E-state index contributed by atoms with van der Waals surface area (Å²) in [5.74, 6) is 1.09. The fraction of sp³-hybridized carbons (Fsp3) is 0.467. The van der Waals surface area contributed by atoms with Crippen molar-refractivity contribution in [2.24, 2.45) is 5.92 Å². The molecule has 2 aromatic heterocycles. The number of aryl methyl sites for hydroxylation is 3. The van der Waals surface area contributed by atoms with Crippen LogP contribution in [-0.2, 0) is 6.42 Å². The standard InChI is InChI=1S/C15H18N4O/c1-8-5-12-14(13(20)6-8)11(4)18-19(12)15-16-9(2)7-10(3)17-15/h7-8H,5-6H2,1-4H3. The summed E-state index contributed by atoms with van der Waals surface area (Å²) in [5, 5.41) is 4.50. The van der Waals surface area contributed by atoms with Crippen LogP contribution in [0, 0.1) is 26.7 Å². The normalized spacial score (nSPS) is 18.2. The van der Waals surface area contributed by atoms with Crippen molar-refractivity contribution in [2.75, 3.05) is 0 Å². The van der Waals surface area contributed by atoms with Gasteiger partial charge in [0.2, 0.25) is 0 Å². The molecule has 1 aliphatic rings. The maximum atomic E-state index is 12.2. The number of carbonyl (C=O) groups is 1. The van der Waals surface area contributed by atoms with Gasteiger partial charge in [0.05, 0.1) is 17.0 Å². The van der Waals surface area contributed by atoms with Gasteiger partial charge in [-0.1, -0.05) is 6.92 Å². The van der Waals surface area contributed by atoms with E-state index >= 15 is 0 Å². The zero-order chi connectivity index (χ0) is 14.4. The van der Waals surface area contributed by atoms with Gasteiger partial charge in [0, 0.05) is 17.8 Å². The summed E-state index contributed by atoms with van der Waals surface area (Å²) in [6, 6.07) is 1.93. The Hall–Kier alpha value is -2.04. The van der Waals surface area contributed by atoms with E-state index in [9.17, 15) is 4.79 Å². The average molecular weight is 270 g/mol. The summed E-state index contributed by atoms with van der Waals surface area (Å²) in [4.78, 5) is 21.1. The van der Waals surface area contributed by atoms with Crippen LogP contribution in [0.3, 0.4) is 0 Å². The lowest BCUT2D eigenvalue weighted by atomic mass is 9.87. The van der Waals surface area contributed by atoms with E-state index in [1.165, 1.54) is 0 Å². The highest BCUT2D eigenvalue weighted by molar-refractivity contribution is 5.99. The summed E-state index contributed by atoms with van der Waals surface area (Å²) >= 11 is 0. The first-order chi connectivity index (χ1) is 9.45. The van der Waals surface area contributed by atoms with Gasteiger partial charge in [0.25, 0.3) is 5.95 Å². The lowest BCUT2D eigenvalue weighted by Crippen LogP contribution is -2.20. The monoisotopic (exact) mass is 270 g/mol. The van der Waals surface area contributed by atoms with Crippen molar-refractivity contribution >= 4 is 5.78 Å². The second kappa shape index (κ2) is 4.51. The molecule has 0 saturated heterocycles. The minimum Gasteiger partial charge on any atom is -0.294 e. The van der Waals surface area contributed by atoms with Crippen molar-refractivity contribution in [1.29, 1.82) is 0 Å². The number of hydrogen-bond acceptors (Lipinski definition) is 4. The van der Waals surface area contributed by atoms with E-state index in [-0.39, 0.29) is 5.78 Å². The van der Waals surface area contributed by atoms with Gasteiger partial charge in [0.15, 0.2) is 5.78 Å². The number of ketones is 1. The molecule has 0 spiro atoms. The van der Waals surface area contributed by atoms with Crippen LogP contribution in [-0.4, -0.2) is 25.5 Å². The van der Waals surface area contributed by atoms with E-state index in [1.807, 2.05) is 26.8 Å². The molecule has 3 rings (SSSR count). The quantitative estimate of drug-likeness (QED) is 0.798. The van der Waals surface area contributed by atoms with Crippen molar-refractivity contribution in [3.8, 4) is 5.95 Å². The second-order valence-corrected chi connectivity index (χ2v) is 5.71. The number of fused-ring (bicyclic) bond motifs is 1. The Labute approximate surface area is 118 Å². The Morgan fingerprint density at radius 2 is 1.80 bits per heavy atom. The molecule has 2 aromatic rings. The Bertz CT molecular complexity index is 682. The largest absolute Gasteiger partial charge is 0.294 e. The third-order valence-corrected chi connectivity index (χ3v) is 3.67. The molecule has 0 aliphatic heterocycles. The third kappa shape index (κ3) is 2.03. The van der Waals surface area contributed by atoms with Crippen molar-refractivity contribution in [2.45, 2.75) is 40.5 Å². The maximum absolute atomic E-state index is 12.2. The molecule has 20 heavy (non-hydrogen) atoms. The lowest BCUT2D eigenvalue weighted by Gasteiger charge is -2.18. The van der Waals surface area contributed by atoms with Crippen LogP contribution < -0.4 is 0 Å². The van der Waals surface area contributed by atoms with Gasteiger partial charge >= 0.3 is 0 Å². The smallest absolute Gasteiger partial charge is 0.251 e. The minimum absolute atomic E-state index is 0.187. The first-order valence-corrected chi connectivity index (χ1v) is 6.90. The molecule has 0 amide bonds. The molecule has 5 nitrogen and oxygen atoms in total. The predicted molar refractivity (Wildman–Crippen MR) is 75.2 cm³/mol. The number of rotatable bonds is 1. The van der Waals surface area contributed by atoms with Crippen LogP contribution in [0.2, 0.25) is 0 Å². The van der Waals surface area contributed by atoms with E-state index in [0.29, 0.717) is 18.3 Å². The SMILES string of the molecule is Cc1cc(C)nc(-n2nc(C)c3c2CC(C)CC3=O)n1. The summed E-state index contributed by atoms with van der Waals surface area (Å²) in [6.07, 6.45) is 1.45. The van der Waals surface area contributed by atoms with Crippen LogP contribution >= 0.6 is 0 Å². The highest BCUT2D eigenvalue weighted by atomic mass is 16.1. The van der Waals surface area contributed by atoms with Gasteiger partial charge in [-0.3, -0.25) is 4.79 Å². The molecule has 104 valence electrons. The van der Waals surface area contributed by atoms with Crippen LogP contribution in [0.15, 0.2) is 6.07 Å². The minimum atomic E-state index is 0.187. The summed E-state index contributed by atoms with van der Waals surface area (Å²) < 4.78 is 1.75. The zero-order valence-corrected chi connectivity index (χ0v) is 12.3. The molecule has 0 aromatic carbocycles. The number of aromatic nitrogens is 4. The van der Waals surface area contributed by atoms with Gasteiger partial charge in [-0.05, 0) is 39.2 Å². The molecule has 1 atom stereocenters. The van der Waals surface area contributed by atoms with Crippen molar-refractivity contribution < 1.29 is 4.79 Å². The third-order valence-electron chi connectivity index (χ3n) is 3.67. The fourth-order valence-electron chi connectivity index (χ4n) is 2.91. The maximum Gasteiger partial charge on any atom is 0.251 e. The zero-order valence-electron chi connectivity index (χ0n) is 12.3. The number of carbonyl (C=O) groups excluding carboxylic acids is 1. The Morgan fingerprint density at radius 1 is 1.15 bits per heavy atom. The molecule has 5 heteroatoms.